The number of thiol groups is 1. The molecule has 0 aromatic carbocycles. The largest absolute Gasteiger partial charge is 0.550 e. The molecule has 0 radical (unpaired) electrons. The Morgan fingerprint density at radius 2 is 0.651 bits per heavy atom. The number of hydrogen-bond donors (Lipinski definition) is 1. The highest BCUT2D eigenvalue weighted by molar-refractivity contribution is 7.81. The molecule has 7 heteroatoms. The van der Waals surface area contributed by atoms with Crippen LogP contribution in [-0.2, 0) is 9.59 Å². The zero-order valence-corrected chi connectivity index (χ0v) is 32.9. The molecule has 0 fully saturated rings. The van der Waals surface area contributed by atoms with E-state index in [-0.39, 0.29) is 0 Å². The Hall–Kier alpha value is 0.150. The fourth-order valence-electron chi connectivity index (χ4n) is 5.53. The van der Waals surface area contributed by atoms with Crippen LogP contribution < -0.4 is 10.2 Å². The molecular formula is C36H76O4P2S. The number of carboxylic acids is 2. The van der Waals surface area contributed by atoms with Gasteiger partial charge in [0.25, 0.3) is 0 Å². The first kappa shape index (κ1) is 47.6. The standard InChI is InChI=1S/2C16H36P.C4H6O4S/c2*1-5-9-13-17(14-10-6-2,15-11-7-3)16-12-8-4;5-3(6)1-2(9)4(7)8/h2*5-16H2,1-4H3;2,9H,1H2,(H,5,6)(H,7,8)/q2*+1;/p-2. The van der Waals surface area contributed by atoms with E-state index in [1.54, 1.807) is 49.3 Å². The summed E-state index contributed by atoms with van der Waals surface area (Å²) >= 11 is 3.38. The van der Waals surface area contributed by atoms with Crippen molar-refractivity contribution in [2.45, 2.75) is 170 Å². The van der Waals surface area contributed by atoms with Gasteiger partial charge in [-0.25, -0.2) is 0 Å². The molecule has 0 aliphatic rings. The normalized spacial score (nSPS) is 12.1. The molecule has 0 bridgehead atoms. The minimum Gasteiger partial charge on any atom is -0.550 e. The van der Waals surface area contributed by atoms with Gasteiger partial charge in [0.1, 0.15) is 0 Å². The van der Waals surface area contributed by atoms with Crippen molar-refractivity contribution in [2.75, 3.05) is 49.3 Å². The monoisotopic (exact) mass is 666 g/mol. The second-order valence-corrected chi connectivity index (χ2v) is 22.3. The van der Waals surface area contributed by atoms with Crippen LogP contribution in [0.4, 0.5) is 0 Å². The van der Waals surface area contributed by atoms with E-state index in [1.807, 2.05) is 0 Å². The zero-order chi connectivity index (χ0) is 33.4. The van der Waals surface area contributed by atoms with Crippen molar-refractivity contribution >= 4 is 39.1 Å². The van der Waals surface area contributed by atoms with Crippen LogP contribution in [0.1, 0.15) is 165 Å². The van der Waals surface area contributed by atoms with Crippen molar-refractivity contribution in [3.63, 3.8) is 0 Å². The van der Waals surface area contributed by atoms with Gasteiger partial charge in [-0.2, -0.15) is 12.6 Å². The molecule has 0 heterocycles. The summed E-state index contributed by atoms with van der Waals surface area (Å²) in [6.45, 7) is 18.8. The van der Waals surface area contributed by atoms with Gasteiger partial charge < -0.3 is 19.8 Å². The fourth-order valence-corrected chi connectivity index (χ4v) is 16.3. The number of carbonyl (C=O) groups is 2. The van der Waals surface area contributed by atoms with E-state index < -0.39 is 38.1 Å². The molecule has 0 spiro atoms. The Morgan fingerprint density at radius 3 is 0.744 bits per heavy atom. The average Bonchev–Trinajstić information content (AvgIpc) is 3.00. The molecule has 0 rings (SSSR count). The number of carboxylic acid groups (broad SMARTS) is 2. The van der Waals surface area contributed by atoms with E-state index in [0.717, 1.165) is 0 Å². The van der Waals surface area contributed by atoms with Crippen molar-refractivity contribution in [3.05, 3.63) is 0 Å². The molecule has 1 atom stereocenters. The number of carbonyl (C=O) groups excluding carboxylic acids is 2. The minimum atomic E-state index is -1.50. The minimum absolute atomic E-state index is 0.562. The highest BCUT2D eigenvalue weighted by Gasteiger charge is 2.35. The fraction of sp³-hybridized carbons (Fsp3) is 0.944. The summed E-state index contributed by atoms with van der Waals surface area (Å²) in [4.78, 5) is 19.4. The van der Waals surface area contributed by atoms with Gasteiger partial charge in [-0.1, -0.05) is 107 Å². The van der Waals surface area contributed by atoms with Crippen LogP contribution in [0.3, 0.4) is 0 Å². The topological polar surface area (TPSA) is 80.3 Å². The predicted octanol–water partition coefficient (Wildman–Crippen LogP) is 9.58. The van der Waals surface area contributed by atoms with Gasteiger partial charge in [0.2, 0.25) is 0 Å². The highest BCUT2D eigenvalue weighted by atomic mass is 32.1. The second-order valence-electron chi connectivity index (χ2n) is 12.7. The number of rotatable bonds is 27. The van der Waals surface area contributed by atoms with E-state index in [1.165, 1.54) is 103 Å². The molecule has 0 aromatic rings. The van der Waals surface area contributed by atoms with Crippen molar-refractivity contribution in [1.82, 2.24) is 0 Å². The summed E-state index contributed by atoms with van der Waals surface area (Å²) < 4.78 is 0. The van der Waals surface area contributed by atoms with Crippen LogP contribution in [0.15, 0.2) is 0 Å². The molecule has 0 saturated carbocycles. The number of unbranched alkanes of at least 4 members (excludes halogenated alkanes) is 8. The molecule has 43 heavy (non-hydrogen) atoms. The lowest BCUT2D eigenvalue weighted by molar-refractivity contribution is -0.314. The van der Waals surface area contributed by atoms with Crippen LogP contribution in [0.2, 0.25) is 0 Å². The summed E-state index contributed by atoms with van der Waals surface area (Å²) in [5.41, 5.74) is 0. The summed E-state index contributed by atoms with van der Waals surface area (Å²) in [6.07, 6.45) is 35.3. The number of hydrogen-bond acceptors (Lipinski definition) is 5. The Labute approximate surface area is 277 Å². The van der Waals surface area contributed by atoms with E-state index in [2.05, 4.69) is 68.0 Å². The lowest BCUT2D eigenvalue weighted by Crippen LogP contribution is -2.36. The smallest absolute Gasteiger partial charge is 0.0594 e. The van der Waals surface area contributed by atoms with Crippen LogP contribution in [0.5, 0.6) is 0 Å². The van der Waals surface area contributed by atoms with E-state index >= 15 is 0 Å². The third-order valence-electron chi connectivity index (χ3n) is 8.52. The third kappa shape index (κ3) is 29.3. The summed E-state index contributed by atoms with van der Waals surface area (Å²) in [7, 11) is -1.12. The zero-order valence-electron chi connectivity index (χ0n) is 30.2. The van der Waals surface area contributed by atoms with E-state index in [0.29, 0.717) is 0 Å². The maximum atomic E-state index is 9.76. The van der Waals surface area contributed by atoms with Gasteiger partial charge in [-0.05, 0) is 51.4 Å². The molecule has 4 nitrogen and oxygen atoms in total. The molecular weight excluding hydrogens is 590 g/mol. The van der Waals surface area contributed by atoms with E-state index in [9.17, 15) is 19.8 Å². The highest BCUT2D eigenvalue weighted by Crippen LogP contribution is 2.62. The molecule has 0 aromatic heterocycles. The van der Waals surface area contributed by atoms with Crippen LogP contribution in [0.25, 0.3) is 0 Å². The second kappa shape index (κ2) is 33.5. The quantitative estimate of drug-likeness (QED) is 0.0700. The van der Waals surface area contributed by atoms with Crippen LogP contribution in [0, 0.1) is 0 Å². The van der Waals surface area contributed by atoms with Gasteiger partial charge in [0.05, 0.1) is 55.3 Å². The maximum Gasteiger partial charge on any atom is 0.0594 e. The van der Waals surface area contributed by atoms with Gasteiger partial charge in [-0.3, -0.25) is 0 Å². The van der Waals surface area contributed by atoms with Crippen molar-refractivity contribution < 1.29 is 19.8 Å². The number of aliphatic carboxylic acids is 2. The first-order chi connectivity index (χ1) is 20.5. The molecule has 0 amide bonds. The molecule has 0 aliphatic carbocycles. The van der Waals surface area contributed by atoms with Crippen molar-refractivity contribution in [1.29, 1.82) is 0 Å². The molecule has 260 valence electrons. The SMILES string of the molecule is CCCC[P+](CCCC)(CCCC)CCCC.CCCC[P+](CCCC)(CCCC)CCCC.O=C([O-])CC(S)C(=O)[O-]. The maximum absolute atomic E-state index is 9.76. The van der Waals surface area contributed by atoms with Crippen LogP contribution in [-0.4, -0.2) is 66.5 Å². The van der Waals surface area contributed by atoms with E-state index in [4.69, 9.17) is 0 Å². The van der Waals surface area contributed by atoms with Crippen LogP contribution >= 0.6 is 27.2 Å². The predicted molar refractivity (Wildman–Crippen MR) is 199 cm³/mol. The van der Waals surface area contributed by atoms with Crippen molar-refractivity contribution in [2.24, 2.45) is 0 Å². The van der Waals surface area contributed by atoms with Gasteiger partial charge >= 0.3 is 0 Å². The average molecular weight is 667 g/mol. The lowest BCUT2D eigenvalue weighted by atomic mass is 10.3. The Kier molecular flexibility index (Phi) is 37.1. The Bertz CT molecular complexity index is 507. The van der Waals surface area contributed by atoms with Gasteiger partial charge in [-0.15, -0.1) is 0 Å². The Balaban J connectivity index is -0.000000586. The summed E-state index contributed by atoms with van der Waals surface area (Å²) in [6, 6.07) is 0. The van der Waals surface area contributed by atoms with Gasteiger partial charge in [0.15, 0.2) is 0 Å². The summed E-state index contributed by atoms with van der Waals surface area (Å²) in [5.74, 6) is -2.94. The molecule has 1 unspecified atom stereocenters. The first-order valence-corrected chi connectivity index (χ1v) is 23.9. The molecule has 0 saturated heterocycles. The molecule has 0 N–H and O–H groups in total. The van der Waals surface area contributed by atoms with Crippen molar-refractivity contribution in [3.8, 4) is 0 Å². The Morgan fingerprint density at radius 1 is 0.465 bits per heavy atom. The first-order valence-electron chi connectivity index (χ1n) is 18.3. The third-order valence-corrected chi connectivity index (χ3v) is 19.0. The molecule has 0 aliphatic heterocycles. The lowest BCUT2D eigenvalue weighted by Gasteiger charge is -2.28. The van der Waals surface area contributed by atoms with Gasteiger partial charge in [0, 0.05) is 32.2 Å². The summed E-state index contributed by atoms with van der Waals surface area (Å²) in [5, 5.41) is 18.2.